The predicted octanol–water partition coefficient (Wildman–Crippen LogP) is 4.35. The standard InChI is InChI=1S/C27H37BrN8O3/c28-21-18-32-25(33-19-7-5-8-20(15-19)34-26(39)36-13-3-4-14-36)35-24(21)31-12-6-11-30-23(38)17-27(16-22(29)37)9-1-2-10-27/h5,7-8,15,18H,1-4,6,9-14,16-17H2,(H2,29,37)(H,30,38)(H,34,39)(H2,31,32,33,35). The summed E-state index contributed by atoms with van der Waals surface area (Å²) < 4.78 is 0.721. The van der Waals surface area contributed by atoms with E-state index in [2.05, 4.69) is 47.2 Å². The van der Waals surface area contributed by atoms with Crippen LogP contribution in [0.3, 0.4) is 0 Å². The number of aromatic nitrogens is 2. The van der Waals surface area contributed by atoms with Crippen LogP contribution in [0.4, 0.5) is 27.9 Å². The van der Waals surface area contributed by atoms with Gasteiger partial charge < -0.3 is 31.9 Å². The normalized spacial score (nSPS) is 16.1. The number of benzene rings is 1. The number of carbonyl (C=O) groups is 3. The Morgan fingerprint density at radius 2 is 1.77 bits per heavy atom. The zero-order valence-corrected chi connectivity index (χ0v) is 23.7. The first-order valence-electron chi connectivity index (χ1n) is 13.6. The van der Waals surface area contributed by atoms with Crippen molar-refractivity contribution in [2.75, 3.05) is 42.1 Å². The lowest BCUT2D eigenvalue weighted by atomic mass is 9.79. The summed E-state index contributed by atoms with van der Waals surface area (Å²) in [5, 5.41) is 12.4. The molecule has 12 heteroatoms. The molecule has 210 valence electrons. The second-order valence-corrected chi connectivity index (χ2v) is 11.2. The largest absolute Gasteiger partial charge is 0.370 e. The van der Waals surface area contributed by atoms with Crippen LogP contribution in [0.5, 0.6) is 0 Å². The van der Waals surface area contributed by atoms with Gasteiger partial charge in [0.25, 0.3) is 0 Å². The van der Waals surface area contributed by atoms with Crippen molar-refractivity contribution in [1.29, 1.82) is 0 Å². The van der Waals surface area contributed by atoms with Crippen molar-refractivity contribution in [3.05, 3.63) is 34.9 Å². The Hall–Kier alpha value is -3.41. The lowest BCUT2D eigenvalue weighted by Gasteiger charge is -2.26. The Morgan fingerprint density at radius 3 is 2.51 bits per heavy atom. The summed E-state index contributed by atoms with van der Waals surface area (Å²) in [5.74, 6) is 0.666. The van der Waals surface area contributed by atoms with E-state index in [-0.39, 0.29) is 29.7 Å². The van der Waals surface area contributed by atoms with Crippen LogP contribution in [0.2, 0.25) is 0 Å². The van der Waals surface area contributed by atoms with E-state index in [1.54, 1.807) is 6.20 Å². The lowest BCUT2D eigenvalue weighted by molar-refractivity contribution is -0.125. The molecular formula is C27H37BrN8O3. The second-order valence-electron chi connectivity index (χ2n) is 10.4. The van der Waals surface area contributed by atoms with E-state index in [0.717, 1.165) is 61.8 Å². The molecule has 4 amide bonds. The maximum atomic E-state index is 12.5. The molecule has 11 nitrogen and oxygen atoms in total. The number of urea groups is 1. The number of primary amides is 1. The summed E-state index contributed by atoms with van der Waals surface area (Å²) in [6, 6.07) is 7.34. The first-order chi connectivity index (χ1) is 18.8. The first kappa shape index (κ1) is 28.6. The van der Waals surface area contributed by atoms with E-state index in [0.29, 0.717) is 43.4 Å². The number of hydrogen-bond donors (Lipinski definition) is 5. The summed E-state index contributed by atoms with van der Waals surface area (Å²) in [6.45, 7) is 2.69. The van der Waals surface area contributed by atoms with E-state index < -0.39 is 0 Å². The molecule has 4 rings (SSSR count). The quantitative estimate of drug-likeness (QED) is 0.227. The summed E-state index contributed by atoms with van der Waals surface area (Å²) in [5.41, 5.74) is 6.60. The van der Waals surface area contributed by atoms with E-state index >= 15 is 0 Å². The van der Waals surface area contributed by atoms with Gasteiger partial charge in [-0.1, -0.05) is 18.9 Å². The van der Waals surface area contributed by atoms with E-state index in [1.165, 1.54) is 0 Å². The van der Waals surface area contributed by atoms with Crippen molar-refractivity contribution < 1.29 is 14.4 Å². The summed E-state index contributed by atoms with van der Waals surface area (Å²) in [6.07, 6.45) is 8.90. The molecule has 2 heterocycles. The van der Waals surface area contributed by atoms with Crippen LogP contribution in [0.1, 0.15) is 57.8 Å². The van der Waals surface area contributed by atoms with Gasteiger partial charge in [0.05, 0.1) is 4.47 Å². The highest BCUT2D eigenvalue weighted by Crippen LogP contribution is 2.43. The number of amides is 4. The van der Waals surface area contributed by atoms with Gasteiger partial charge in [-0.05, 0) is 71.6 Å². The molecule has 6 N–H and O–H groups in total. The van der Waals surface area contributed by atoms with Crippen LogP contribution in [0, 0.1) is 5.41 Å². The van der Waals surface area contributed by atoms with Gasteiger partial charge in [0, 0.05) is 56.6 Å². The molecule has 2 fully saturated rings. The molecule has 0 bridgehead atoms. The van der Waals surface area contributed by atoms with E-state index in [9.17, 15) is 14.4 Å². The molecule has 0 radical (unpaired) electrons. The van der Waals surface area contributed by atoms with Crippen LogP contribution in [-0.4, -0.2) is 58.9 Å². The van der Waals surface area contributed by atoms with Crippen molar-refractivity contribution in [2.45, 2.75) is 57.8 Å². The van der Waals surface area contributed by atoms with Gasteiger partial charge in [-0.15, -0.1) is 0 Å². The van der Waals surface area contributed by atoms with E-state index in [1.807, 2.05) is 29.2 Å². The fraction of sp³-hybridized carbons (Fsp3) is 0.519. The van der Waals surface area contributed by atoms with Crippen molar-refractivity contribution in [3.63, 3.8) is 0 Å². The maximum absolute atomic E-state index is 12.5. The number of halogens is 1. The predicted molar refractivity (Wildman–Crippen MR) is 155 cm³/mol. The summed E-state index contributed by atoms with van der Waals surface area (Å²) in [4.78, 5) is 47.1. The number of hydrogen-bond acceptors (Lipinski definition) is 7. The van der Waals surface area contributed by atoms with Crippen LogP contribution in [0.25, 0.3) is 0 Å². The Bertz CT molecular complexity index is 1170. The Kier molecular flexibility index (Phi) is 9.96. The van der Waals surface area contributed by atoms with E-state index in [4.69, 9.17) is 5.73 Å². The van der Waals surface area contributed by atoms with Gasteiger partial charge >= 0.3 is 6.03 Å². The molecule has 1 aliphatic carbocycles. The van der Waals surface area contributed by atoms with Gasteiger partial charge in [-0.25, -0.2) is 9.78 Å². The van der Waals surface area contributed by atoms with Gasteiger partial charge in [-0.2, -0.15) is 4.98 Å². The number of nitrogens with zero attached hydrogens (tertiary/aromatic N) is 3. The van der Waals surface area contributed by atoms with Crippen LogP contribution < -0.4 is 27.0 Å². The van der Waals surface area contributed by atoms with Crippen LogP contribution in [0.15, 0.2) is 34.9 Å². The third-order valence-electron chi connectivity index (χ3n) is 7.22. The van der Waals surface area contributed by atoms with Crippen molar-refractivity contribution in [2.24, 2.45) is 11.1 Å². The molecule has 1 aromatic carbocycles. The molecule has 0 atom stereocenters. The minimum atomic E-state index is -0.338. The molecule has 1 saturated heterocycles. The molecule has 1 saturated carbocycles. The molecule has 1 aliphatic heterocycles. The highest BCUT2D eigenvalue weighted by molar-refractivity contribution is 9.10. The highest BCUT2D eigenvalue weighted by atomic mass is 79.9. The smallest absolute Gasteiger partial charge is 0.321 e. The maximum Gasteiger partial charge on any atom is 0.321 e. The van der Waals surface area contributed by atoms with Crippen LogP contribution in [-0.2, 0) is 9.59 Å². The average Bonchev–Trinajstić information content (AvgIpc) is 3.58. The molecule has 39 heavy (non-hydrogen) atoms. The van der Waals surface area contributed by atoms with Gasteiger partial charge in [0.2, 0.25) is 17.8 Å². The summed E-state index contributed by atoms with van der Waals surface area (Å²) in [7, 11) is 0. The zero-order chi connectivity index (χ0) is 27.7. The molecule has 0 unspecified atom stereocenters. The second kappa shape index (κ2) is 13.6. The van der Waals surface area contributed by atoms with Crippen molar-refractivity contribution in [3.8, 4) is 0 Å². The van der Waals surface area contributed by atoms with Gasteiger partial charge in [0.1, 0.15) is 5.82 Å². The number of nitrogens with two attached hydrogens (primary N) is 1. The number of rotatable bonds is 12. The number of carbonyl (C=O) groups excluding carboxylic acids is 3. The minimum absolute atomic E-state index is 0.0355. The van der Waals surface area contributed by atoms with Gasteiger partial charge in [-0.3, -0.25) is 9.59 Å². The number of nitrogens with one attached hydrogen (secondary N) is 4. The Labute approximate surface area is 237 Å². The molecule has 1 aromatic heterocycles. The number of likely N-dealkylation sites (tertiary alicyclic amines) is 1. The third kappa shape index (κ3) is 8.54. The first-order valence-corrected chi connectivity index (χ1v) is 14.4. The number of anilines is 4. The minimum Gasteiger partial charge on any atom is -0.370 e. The molecule has 0 spiro atoms. The molecular weight excluding hydrogens is 564 g/mol. The molecule has 2 aliphatic rings. The third-order valence-corrected chi connectivity index (χ3v) is 7.80. The zero-order valence-electron chi connectivity index (χ0n) is 22.1. The fourth-order valence-electron chi connectivity index (χ4n) is 5.31. The fourth-order valence-corrected chi connectivity index (χ4v) is 5.65. The monoisotopic (exact) mass is 600 g/mol. The Balaban J connectivity index is 1.23. The average molecular weight is 602 g/mol. The lowest BCUT2D eigenvalue weighted by Crippen LogP contribution is -2.34. The van der Waals surface area contributed by atoms with Crippen molar-refractivity contribution in [1.82, 2.24) is 20.2 Å². The molecule has 2 aromatic rings. The Morgan fingerprint density at radius 1 is 1.03 bits per heavy atom. The highest BCUT2D eigenvalue weighted by Gasteiger charge is 2.37. The van der Waals surface area contributed by atoms with Crippen LogP contribution >= 0.6 is 15.9 Å². The topological polar surface area (TPSA) is 154 Å². The summed E-state index contributed by atoms with van der Waals surface area (Å²) >= 11 is 3.48. The SMILES string of the molecule is NC(=O)CC1(CC(=O)NCCCNc2nc(Nc3cccc(NC(=O)N4CCCC4)c3)ncc2Br)CCCC1. The van der Waals surface area contributed by atoms with Gasteiger partial charge in [0.15, 0.2) is 0 Å². The van der Waals surface area contributed by atoms with Crippen molar-refractivity contribution >= 4 is 56.9 Å².